The Kier molecular flexibility index (Phi) is 7.31. The van der Waals surface area contributed by atoms with Crippen LogP contribution in [0.15, 0.2) is 30.3 Å². The number of benzene rings is 1. The van der Waals surface area contributed by atoms with E-state index in [9.17, 15) is 9.59 Å². The molecule has 6 heteroatoms. The fourth-order valence-electron chi connectivity index (χ4n) is 1.54. The van der Waals surface area contributed by atoms with Crippen LogP contribution in [0.2, 0.25) is 0 Å². The third kappa shape index (κ3) is 6.31. The number of nitrogens with one attached hydrogen (secondary N) is 1. The summed E-state index contributed by atoms with van der Waals surface area (Å²) < 4.78 is 5.08. The Labute approximate surface area is 118 Å². The van der Waals surface area contributed by atoms with Gasteiger partial charge in [0.2, 0.25) is 5.91 Å². The van der Waals surface area contributed by atoms with Gasteiger partial charge in [0.05, 0.1) is 12.5 Å². The lowest BCUT2D eigenvalue weighted by molar-refractivity contribution is -0.144. The van der Waals surface area contributed by atoms with Crippen LogP contribution >= 0.6 is 0 Å². The predicted octanol–water partition coefficient (Wildman–Crippen LogP) is -0.0878. The zero-order chi connectivity index (χ0) is 14.8. The zero-order valence-corrected chi connectivity index (χ0v) is 11.4. The molecule has 1 atom stereocenters. The van der Waals surface area contributed by atoms with Crippen molar-refractivity contribution in [2.45, 2.75) is 25.5 Å². The first-order valence-electron chi connectivity index (χ1n) is 6.56. The normalized spacial score (nSPS) is 11.7. The van der Waals surface area contributed by atoms with Crippen molar-refractivity contribution in [1.82, 2.24) is 5.32 Å². The summed E-state index contributed by atoms with van der Waals surface area (Å²) in [5.41, 5.74) is 11.8. The highest BCUT2D eigenvalue weighted by Gasteiger charge is 2.12. The Balaban J connectivity index is 2.16. The predicted molar refractivity (Wildman–Crippen MR) is 75.5 cm³/mol. The molecule has 6 nitrogen and oxygen atoms in total. The molecule has 0 aliphatic rings. The lowest BCUT2D eigenvalue weighted by Gasteiger charge is -2.10. The molecule has 20 heavy (non-hydrogen) atoms. The van der Waals surface area contributed by atoms with E-state index in [1.54, 1.807) is 0 Å². The van der Waals surface area contributed by atoms with E-state index in [1.165, 1.54) is 0 Å². The second-order valence-electron chi connectivity index (χ2n) is 4.37. The molecule has 5 N–H and O–H groups in total. The summed E-state index contributed by atoms with van der Waals surface area (Å²) in [5, 5.41) is 2.58. The van der Waals surface area contributed by atoms with Gasteiger partial charge in [-0.2, -0.15) is 0 Å². The van der Waals surface area contributed by atoms with E-state index in [-0.39, 0.29) is 31.4 Å². The molecular weight excluding hydrogens is 258 g/mol. The maximum atomic E-state index is 11.5. The van der Waals surface area contributed by atoms with Crippen molar-refractivity contribution >= 4 is 11.9 Å². The smallest absolute Gasteiger partial charge is 0.307 e. The third-order valence-corrected chi connectivity index (χ3v) is 2.69. The first-order valence-corrected chi connectivity index (χ1v) is 6.56. The average Bonchev–Trinajstić information content (AvgIpc) is 2.46. The quantitative estimate of drug-likeness (QED) is 0.577. The largest absolute Gasteiger partial charge is 0.461 e. The van der Waals surface area contributed by atoms with Crippen molar-refractivity contribution in [2.24, 2.45) is 11.5 Å². The molecule has 0 spiro atoms. The highest BCUT2D eigenvalue weighted by atomic mass is 16.5. The second kappa shape index (κ2) is 9.06. The van der Waals surface area contributed by atoms with Gasteiger partial charge in [-0.15, -0.1) is 0 Å². The first kappa shape index (κ1) is 16.1. The Morgan fingerprint density at radius 2 is 1.95 bits per heavy atom. The molecule has 1 amide bonds. The molecule has 0 aliphatic heterocycles. The molecule has 1 aromatic carbocycles. The van der Waals surface area contributed by atoms with Crippen molar-refractivity contribution in [3.8, 4) is 0 Å². The summed E-state index contributed by atoms with van der Waals surface area (Å²) in [5.74, 6) is -0.659. The third-order valence-electron chi connectivity index (χ3n) is 2.69. The van der Waals surface area contributed by atoms with E-state index in [1.807, 2.05) is 30.3 Å². The topological polar surface area (TPSA) is 107 Å². The fourth-order valence-corrected chi connectivity index (χ4v) is 1.54. The molecule has 0 unspecified atom stereocenters. The van der Waals surface area contributed by atoms with Gasteiger partial charge in [-0.05, 0) is 18.5 Å². The summed E-state index contributed by atoms with van der Waals surface area (Å²) in [6, 6.07) is 8.78. The zero-order valence-electron chi connectivity index (χ0n) is 11.4. The van der Waals surface area contributed by atoms with Crippen LogP contribution < -0.4 is 16.8 Å². The Bertz CT molecular complexity index is 423. The minimum atomic E-state index is -0.625. The summed E-state index contributed by atoms with van der Waals surface area (Å²) in [6.07, 6.45) is 0.540. The molecule has 0 radical (unpaired) electrons. The lowest BCUT2D eigenvalue weighted by atomic mass is 10.2. The van der Waals surface area contributed by atoms with Crippen LogP contribution in [0.4, 0.5) is 0 Å². The Morgan fingerprint density at radius 1 is 1.25 bits per heavy atom. The van der Waals surface area contributed by atoms with Crippen LogP contribution in [-0.2, 0) is 20.9 Å². The average molecular weight is 279 g/mol. The SMILES string of the molecule is NCC[C@@H](N)C(=O)NCCC(=O)OCc1ccccc1. The van der Waals surface area contributed by atoms with Gasteiger partial charge in [-0.1, -0.05) is 30.3 Å². The Hall–Kier alpha value is -1.92. The van der Waals surface area contributed by atoms with Gasteiger partial charge in [0.15, 0.2) is 0 Å². The Morgan fingerprint density at radius 3 is 2.60 bits per heavy atom. The number of carbonyl (C=O) groups excluding carboxylic acids is 2. The molecule has 110 valence electrons. The molecule has 0 saturated carbocycles. The van der Waals surface area contributed by atoms with Crippen molar-refractivity contribution in [1.29, 1.82) is 0 Å². The van der Waals surface area contributed by atoms with Crippen LogP contribution in [-0.4, -0.2) is 31.0 Å². The van der Waals surface area contributed by atoms with Crippen LogP contribution in [0.3, 0.4) is 0 Å². The van der Waals surface area contributed by atoms with E-state index >= 15 is 0 Å². The fraction of sp³-hybridized carbons (Fsp3) is 0.429. The number of hydrogen-bond acceptors (Lipinski definition) is 5. The van der Waals surface area contributed by atoms with E-state index < -0.39 is 6.04 Å². The summed E-state index contributed by atoms with van der Waals surface area (Å²) in [7, 11) is 0. The standard InChI is InChI=1S/C14H21N3O3/c15-8-6-12(16)14(19)17-9-7-13(18)20-10-11-4-2-1-3-5-11/h1-5,12H,6-10,15-16H2,(H,17,19)/t12-/m1/s1. The van der Waals surface area contributed by atoms with Gasteiger partial charge in [-0.25, -0.2) is 0 Å². The number of esters is 1. The number of rotatable bonds is 8. The minimum absolute atomic E-state index is 0.119. The summed E-state index contributed by atoms with van der Waals surface area (Å²) in [4.78, 5) is 22.9. The van der Waals surface area contributed by atoms with E-state index in [4.69, 9.17) is 16.2 Å². The van der Waals surface area contributed by atoms with E-state index in [2.05, 4.69) is 5.32 Å². The summed E-state index contributed by atoms with van der Waals surface area (Å²) in [6.45, 7) is 0.804. The van der Waals surface area contributed by atoms with Crippen LogP contribution in [0.25, 0.3) is 0 Å². The van der Waals surface area contributed by atoms with Crippen LogP contribution in [0.5, 0.6) is 0 Å². The second-order valence-corrected chi connectivity index (χ2v) is 4.37. The number of nitrogens with two attached hydrogens (primary N) is 2. The maximum Gasteiger partial charge on any atom is 0.307 e. The summed E-state index contributed by atoms with van der Waals surface area (Å²) >= 11 is 0. The molecule has 0 saturated heterocycles. The first-order chi connectivity index (χ1) is 9.63. The molecule has 0 bridgehead atoms. The molecule has 1 aromatic rings. The van der Waals surface area contributed by atoms with Crippen LogP contribution in [0.1, 0.15) is 18.4 Å². The van der Waals surface area contributed by atoms with Gasteiger partial charge >= 0.3 is 5.97 Å². The maximum absolute atomic E-state index is 11.5. The number of ether oxygens (including phenoxy) is 1. The van der Waals surface area contributed by atoms with Gasteiger partial charge in [-0.3, -0.25) is 9.59 Å². The van der Waals surface area contributed by atoms with Gasteiger partial charge < -0.3 is 21.5 Å². The highest BCUT2D eigenvalue weighted by Crippen LogP contribution is 2.01. The molecule has 0 aromatic heterocycles. The molecule has 1 rings (SSSR count). The van der Waals surface area contributed by atoms with Crippen molar-refractivity contribution in [3.05, 3.63) is 35.9 Å². The van der Waals surface area contributed by atoms with Gasteiger partial charge in [0.25, 0.3) is 0 Å². The van der Waals surface area contributed by atoms with E-state index in [0.717, 1.165) is 5.56 Å². The van der Waals surface area contributed by atoms with Crippen molar-refractivity contribution < 1.29 is 14.3 Å². The molecule has 0 aliphatic carbocycles. The highest BCUT2D eigenvalue weighted by molar-refractivity contribution is 5.82. The molecular formula is C14H21N3O3. The number of carbonyl (C=O) groups is 2. The minimum Gasteiger partial charge on any atom is -0.461 e. The number of amides is 1. The van der Waals surface area contributed by atoms with E-state index in [0.29, 0.717) is 13.0 Å². The van der Waals surface area contributed by atoms with Gasteiger partial charge in [0, 0.05) is 6.54 Å². The molecule has 0 heterocycles. The van der Waals surface area contributed by atoms with Crippen molar-refractivity contribution in [3.63, 3.8) is 0 Å². The van der Waals surface area contributed by atoms with Crippen LogP contribution in [0, 0.1) is 0 Å². The monoisotopic (exact) mass is 279 g/mol. The van der Waals surface area contributed by atoms with Crippen molar-refractivity contribution in [2.75, 3.05) is 13.1 Å². The van der Waals surface area contributed by atoms with Gasteiger partial charge in [0.1, 0.15) is 6.61 Å². The number of hydrogen-bond donors (Lipinski definition) is 3. The lowest BCUT2D eigenvalue weighted by Crippen LogP contribution is -2.42. The molecule has 0 fully saturated rings.